The molecule has 0 aliphatic carbocycles. The van der Waals surface area contributed by atoms with E-state index in [-0.39, 0.29) is 11.7 Å². The van der Waals surface area contributed by atoms with E-state index in [4.69, 9.17) is 13.9 Å². The molecule has 5 nitrogen and oxygen atoms in total. The van der Waals surface area contributed by atoms with Crippen molar-refractivity contribution in [3.05, 3.63) is 47.9 Å². The van der Waals surface area contributed by atoms with Crippen molar-refractivity contribution in [2.24, 2.45) is 0 Å². The van der Waals surface area contributed by atoms with Crippen LogP contribution in [0.15, 0.2) is 40.8 Å². The first-order chi connectivity index (χ1) is 9.22. The fourth-order valence-electron chi connectivity index (χ4n) is 1.61. The van der Waals surface area contributed by atoms with Crippen LogP contribution in [0.4, 0.5) is 5.69 Å². The molecule has 0 fully saturated rings. The van der Waals surface area contributed by atoms with E-state index < -0.39 is 0 Å². The van der Waals surface area contributed by atoms with E-state index in [1.54, 1.807) is 50.6 Å². The molecule has 0 spiro atoms. The third-order valence-corrected chi connectivity index (χ3v) is 2.50. The molecule has 19 heavy (non-hydrogen) atoms. The second-order valence-electron chi connectivity index (χ2n) is 3.89. The molecule has 100 valence electrons. The van der Waals surface area contributed by atoms with Crippen molar-refractivity contribution in [2.75, 3.05) is 19.5 Å². The highest BCUT2D eigenvalue weighted by Crippen LogP contribution is 2.18. The number of nitrogens with one attached hydrogen (secondary N) is 1. The average molecular weight is 261 g/mol. The highest BCUT2D eigenvalue weighted by Gasteiger charge is 2.11. The van der Waals surface area contributed by atoms with Crippen molar-refractivity contribution in [3.63, 3.8) is 0 Å². The Kier molecular flexibility index (Phi) is 4.20. The number of hydrogen-bond donors (Lipinski definition) is 1. The molecular weight excluding hydrogens is 246 g/mol. The second-order valence-corrected chi connectivity index (χ2v) is 3.89. The Balaban J connectivity index is 2.06. The van der Waals surface area contributed by atoms with Crippen molar-refractivity contribution in [1.82, 2.24) is 0 Å². The van der Waals surface area contributed by atoms with Crippen molar-refractivity contribution in [3.8, 4) is 5.75 Å². The number of ether oxygens (including phenoxy) is 2. The summed E-state index contributed by atoms with van der Waals surface area (Å²) in [7, 11) is 3.14. The van der Waals surface area contributed by atoms with Gasteiger partial charge in [0.15, 0.2) is 5.76 Å². The molecule has 2 rings (SSSR count). The van der Waals surface area contributed by atoms with E-state index in [1.807, 2.05) is 0 Å². The minimum absolute atomic E-state index is 0.245. The Labute approximate surface area is 111 Å². The molecule has 1 N–H and O–H groups in total. The summed E-state index contributed by atoms with van der Waals surface area (Å²) in [5, 5.41) is 2.73. The lowest BCUT2D eigenvalue weighted by Crippen LogP contribution is -2.10. The van der Waals surface area contributed by atoms with E-state index >= 15 is 0 Å². The van der Waals surface area contributed by atoms with E-state index in [2.05, 4.69) is 5.32 Å². The summed E-state index contributed by atoms with van der Waals surface area (Å²) in [4.78, 5) is 11.9. The normalized spacial score (nSPS) is 10.2. The lowest BCUT2D eigenvalue weighted by atomic mass is 10.3. The van der Waals surface area contributed by atoms with E-state index in [1.165, 1.54) is 0 Å². The standard InChI is InChI=1S/C14H15NO4/c1-17-9-12-6-7-13(19-12)14(16)15-10-4-3-5-11(8-10)18-2/h3-8H,9H2,1-2H3,(H,15,16). The Morgan fingerprint density at radius 2 is 2.11 bits per heavy atom. The zero-order valence-corrected chi connectivity index (χ0v) is 10.8. The number of methoxy groups -OCH3 is 2. The third kappa shape index (κ3) is 3.35. The predicted molar refractivity (Wildman–Crippen MR) is 70.4 cm³/mol. The van der Waals surface area contributed by atoms with Crippen molar-refractivity contribution < 1.29 is 18.7 Å². The molecule has 1 heterocycles. The first-order valence-corrected chi connectivity index (χ1v) is 5.76. The van der Waals surface area contributed by atoms with Gasteiger partial charge in [-0.15, -0.1) is 0 Å². The fourth-order valence-corrected chi connectivity index (χ4v) is 1.61. The fraction of sp³-hybridized carbons (Fsp3) is 0.214. The summed E-state index contributed by atoms with van der Waals surface area (Å²) < 4.78 is 15.4. The second kappa shape index (κ2) is 6.06. The maximum absolute atomic E-state index is 11.9. The van der Waals surface area contributed by atoms with Gasteiger partial charge in [-0.25, -0.2) is 0 Å². The molecular formula is C14H15NO4. The average Bonchev–Trinajstić information content (AvgIpc) is 2.88. The summed E-state index contributed by atoms with van der Waals surface area (Å²) in [5.41, 5.74) is 0.647. The third-order valence-electron chi connectivity index (χ3n) is 2.50. The molecule has 1 aromatic carbocycles. The minimum atomic E-state index is -0.310. The van der Waals surface area contributed by atoms with Crippen LogP contribution < -0.4 is 10.1 Å². The molecule has 0 unspecified atom stereocenters. The smallest absolute Gasteiger partial charge is 0.291 e. The predicted octanol–water partition coefficient (Wildman–Crippen LogP) is 2.69. The number of carbonyl (C=O) groups excluding carboxylic acids is 1. The van der Waals surface area contributed by atoms with Gasteiger partial charge in [0.1, 0.15) is 18.1 Å². The number of carbonyl (C=O) groups is 1. The van der Waals surface area contributed by atoms with Gasteiger partial charge in [-0.2, -0.15) is 0 Å². The zero-order chi connectivity index (χ0) is 13.7. The van der Waals surface area contributed by atoms with E-state index in [0.717, 1.165) is 0 Å². The van der Waals surface area contributed by atoms with Crippen LogP contribution in [0, 0.1) is 0 Å². The first-order valence-electron chi connectivity index (χ1n) is 5.76. The van der Waals surface area contributed by atoms with Gasteiger partial charge in [-0.1, -0.05) is 6.07 Å². The van der Waals surface area contributed by atoms with Crippen LogP contribution in [0.2, 0.25) is 0 Å². The summed E-state index contributed by atoms with van der Waals surface area (Å²) in [6.07, 6.45) is 0. The molecule has 1 amide bonds. The van der Waals surface area contributed by atoms with Gasteiger partial charge in [0.05, 0.1) is 7.11 Å². The number of amides is 1. The molecule has 0 atom stereocenters. The zero-order valence-electron chi connectivity index (χ0n) is 10.8. The van der Waals surface area contributed by atoms with Crippen molar-refractivity contribution >= 4 is 11.6 Å². The van der Waals surface area contributed by atoms with Crippen LogP contribution in [0.25, 0.3) is 0 Å². The summed E-state index contributed by atoms with van der Waals surface area (Å²) in [6, 6.07) is 10.4. The Morgan fingerprint density at radius 3 is 2.84 bits per heavy atom. The molecule has 0 aliphatic rings. The molecule has 0 saturated carbocycles. The largest absolute Gasteiger partial charge is 0.497 e. The molecule has 5 heteroatoms. The van der Waals surface area contributed by atoms with Gasteiger partial charge in [-0.05, 0) is 24.3 Å². The number of benzene rings is 1. The monoisotopic (exact) mass is 261 g/mol. The molecule has 0 radical (unpaired) electrons. The van der Waals surface area contributed by atoms with Crippen LogP contribution in [-0.4, -0.2) is 20.1 Å². The van der Waals surface area contributed by atoms with Gasteiger partial charge in [-0.3, -0.25) is 4.79 Å². The van der Waals surface area contributed by atoms with Gasteiger partial charge < -0.3 is 19.2 Å². The highest BCUT2D eigenvalue weighted by molar-refractivity contribution is 6.02. The lowest BCUT2D eigenvalue weighted by Gasteiger charge is -2.05. The summed E-state index contributed by atoms with van der Waals surface area (Å²) >= 11 is 0. The molecule has 0 saturated heterocycles. The summed E-state index contributed by atoms with van der Waals surface area (Å²) in [5.74, 6) is 1.22. The van der Waals surface area contributed by atoms with Crippen LogP contribution in [-0.2, 0) is 11.3 Å². The van der Waals surface area contributed by atoms with Crippen LogP contribution >= 0.6 is 0 Å². The maximum atomic E-state index is 11.9. The Bertz CT molecular complexity index is 562. The molecule has 0 bridgehead atoms. The van der Waals surface area contributed by atoms with E-state index in [0.29, 0.717) is 23.8 Å². The number of anilines is 1. The molecule has 1 aromatic heterocycles. The maximum Gasteiger partial charge on any atom is 0.291 e. The Hall–Kier alpha value is -2.27. The summed E-state index contributed by atoms with van der Waals surface area (Å²) in [6.45, 7) is 0.340. The van der Waals surface area contributed by atoms with Crippen LogP contribution in [0.5, 0.6) is 5.75 Å². The Morgan fingerprint density at radius 1 is 1.26 bits per heavy atom. The van der Waals surface area contributed by atoms with Gasteiger partial charge in [0, 0.05) is 18.9 Å². The van der Waals surface area contributed by atoms with Gasteiger partial charge >= 0.3 is 0 Å². The van der Waals surface area contributed by atoms with Crippen molar-refractivity contribution in [2.45, 2.75) is 6.61 Å². The van der Waals surface area contributed by atoms with Crippen LogP contribution in [0.3, 0.4) is 0 Å². The van der Waals surface area contributed by atoms with Gasteiger partial charge in [0.25, 0.3) is 5.91 Å². The minimum Gasteiger partial charge on any atom is -0.497 e. The highest BCUT2D eigenvalue weighted by atomic mass is 16.5. The first kappa shape index (κ1) is 13.2. The van der Waals surface area contributed by atoms with Crippen LogP contribution in [0.1, 0.15) is 16.3 Å². The quantitative estimate of drug-likeness (QED) is 0.898. The topological polar surface area (TPSA) is 60.7 Å². The van der Waals surface area contributed by atoms with Gasteiger partial charge in [0.2, 0.25) is 0 Å². The molecule has 0 aliphatic heterocycles. The lowest BCUT2D eigenvalue weighted by molar-refractivity contribution is 0.0987. The van der Waals surface area contributed by atoms with Crippen molar-refractivity contribution in [1.29, 1.82) is 0 Å². The van der Waals surface area contributed by atoms with E-state index in [9.17, 15) is 4.79 Å². The molecule has 2 aromatic rings. The number of hydrogen-bond acceptors (Lipinski definition) is 4. The SMILES string of the molecule is COCc1ccc(C(=O)Nc2cccc(OC)c2)o1. The number of rotatable bonds is 5. The number of furan rings is 1.